The second-order valence-corrected chi connectivity index (χ2v) is 4.64. The van der Waals surface area contributed by atoms with Crippen LogP contribution < -0.4 is 5.32 Å². The predicted octanol–water partition coefficient (Wildman–Crippen LogP) is 2.95. The summed E-state index contributed by atoms with van der Waals surface area (Å²) in [6, 6.07) is 6.84. The zero-order valence-electron chi connectivity index (χ0n) is 10.2. The number of benzene rings is 1. The van der Waals surface area contributed by atoms with Crippen molar-refractivity contribution < 1.29 is 14.7 Å². The Kier molecular flexibility index (Phi) is 5.09. The number of carboxylic acid groups (broad SMARTS) is 1. The Morgan fingerprint density at radius 1 is 1.28 bits per heavy atom. The van der Waals surface area contributed by atoms with Crippen molar-refractivity contribution >= 4 is 27.8 Å². The van der Waals surface area contributed by atoms with Crippen LogP contribution in [-0.2, 0) is 4.79 Å². The molecule has 5 heteroatoms. The fourth-order valence-electron chi connectivity index (χ4n) is 1.50. The summed E-state index contributed by atoms with van der Waals surface area (Å²) >= 11 is 3.28. The standard InChI is InChI=1S/C13H14BrNO3/c1-3-11(13(17)18)8(2)15-12(16)9-4-6-10(14)7-5-9/h4-7H,3H2,1-2H3,(H,15,16)(H,17,18)/b11-8-. The van der Waals surface area contributed by atoms with Crippen LogP contribution in [-0.4, -0.2) is 17.0 Å². The highest BCUT2D eigenvalue weighted by molar-refractivity contribution is 9.10. The molecule has 0 aromatic heterocycles. The average Bonchev–Trinajstić information content (AvgIpc) is 2.29. The Morgan fingerprint density at radius 3 is 2.28 bits per heavy atom. The maximum Gasteiger partial charge on any atom is 0.333 e. The van der Waals surface area contributed by atoms with E-state index in [0.717, 1.165) is 4.47 Å². The molecule has 0 atom stereocenters. The van der Waals surface area contributed by atoms with E-state index in [2.05, 4.69) is 21.2 Å². The number of carboxylic acids is 1. The predicted molar refractivity (Wildman–Crippen MR) is 72.2 cm³/mol. The molecule has 18 heavy (non-hydrogen) atoms. The minimum atomic E-state index is -1.01. The van der Waals surface area contributed by atoms with Crippen LogP contribution in [0.5, 0.6) is 0 Å². The third-order valence-electron chi connectivity index (χ3n) is 2.47. The summed E-state index contributed by atoms with van der Waals surface area (Å²) < 4.78 is 0.881. The lowest BCUT2D eigenvalue weighted by Crippen LogP contribution is -2.24. The Balaban J connectivity index is 2.88. The summed E-state index contributed by atoms with van der Waals surface area (Å²) in [6.45, 7) is 3.32. The lowest BCUT2D eigenvalue weighted by Gasteiger charge is -2.08. The van der Waals surface area contributed by atoms with Crippen molar-refractivity contribution in [1.82, 2.24) is 5.32 Å². The van der Waals surface area contributed by atoms with Crippen LogP contribution in [0.25, 0.3) is 0 Å². The Hall–Kier alpha value is -1.62. The van der Waals surface area contributed by atoms with E-state index in [-0.39, 0.29) is 11.5 Å². The first kappa shape index (κ1) is 14.4. The van der Waals surface area contributed by atoms with E-state index < -0.39 is 5.97 Å². The minimum absolute atomic E-state index is 0.209. The molecule has 0 radical (unpaired) electrons. The molecule has 2 N–H and O–H groups in total. The van der Waals surface area contributed by atoms with Gasteiger partial charge >= 0.3 is 5.97 Å². The first-order valence-electron chi connectivity index (χ1n) is 5.45. The summed E-state index contributed by atoms with van der Waals surface area (Å²) in [5.74, 6) is -1.32. The molecular formula is C13H14BrNO3. The van der Waals surface area contributed by atoms with Crippen molar-refractivity contribution in [3.05, 3.63) is 45.6 Å². The van der Waals surface area contributed by atoms with Gasteiger partial charge in [-0.1, -0.05) is 22.9 Å². The van der Waals surface area contributed by atoms with Gasteiger partial charge in [-0.25, -0.2) is 4.79 Å². The third-order valence-corrected chi connectivity index (χ3v) is 3.00. The number of aliphatic carboxylic acids is 1. The summed E-state index contributed by atoms with van der Waals surface area (Å²) in [7, 11) is 0. The molecule has 1 aromatic rings. The van der Waals surface area contributed by atoms with Crippen LogP contribution >= 0.6 is 15.9 Å². The SMILES string of the molecule is CC/C(C(=O)O)=C(\C)NC(=O)c1ccc(Br)cc1. The van der Waals surface area contributed by atoms with E-state index in [1.165, 1.54) is 0 Å². The highest BCUT2D eigenvalue weighted by atomic mass is 79.9. The number of carbonyl (C=O) groups excluding carboxylic acids is 1. The molecule has 0 saturated carbocycles. The smallest absolute Gasteiger partial charge is 0.333 e. The first-order valence-corrected chi connectivity index (χ1v) is 6.25. The Bertz CT molecular complexity index is 491. The van der Waals surface area contributed by atoms with Gasteiger partial charge in [0.15, 0.2) is 0 Å². The lowest BCUT2D eigenvalue weighted by molar-refractivity contribution is -0.132. The van der Waals surface area contributed by atoms with Crippen molar-refractivity contribution in [2.24, 2.45) is 0 Å². The molecule has 0 bridgehead atoms. The van der Waals surface area contributed by atoms with Gasteiger partial charge in [0.25, 0.3) is 5.91 Å². The molecule has 4 nitrogen and oxygen atoms in total. The highest BCUT2D eigenvalue weighted by Crippen LogP contribution is 2.12. The summed E-state index contributed by atoms with van der Waals surface area (Å²) in [5.41, 5.74) is 1.07. The van der Waals surface area contributed by atoms with Gasteiger partial charge in [0.05, 0.1) is 5.57 Å². The van der Waals surface area contributed by atoms with E-state index in [1.807, 2.05) is 0 Å². The van der Waals surface area contributed by atoms with Crippen molar-refractivity contribution in [3.63, 3.8) is 0 Å². The first-order chi connectivity index (χ1) is 8.45. The Morgan fingerprint density at radius 2 is 1.83 bits per heavy atom. The van der Waals surface area contributed by atoms with Gasteiger partial charge in [0.1, 0.15) is 0 Å². The van der Waals surface area contributed by atoms with Gasteiger partial charge in [-0.2, -0.15) is 0 Å². The van der Waals surface area contributed by atoms with Gasteiger partial charge in [0.2, 0.25) is 0 Å². The fraction of sp³-hybridized carbons (Fsp3) is 0.231. The second kappa shape index (κ2) is 6.35. The molecule has 0 aliphatic rings. The second-order valence-electron chi connectivity index (χ2n) is 3.72. The minimum Gasteiger partial charge on any atom is -0.478 e. The maximum absolute atomic E-state index is 11.9. The molecule has 96 valence electrons. The van der Waals surface area contributed by atoms with Crippen molar-refractivity contribution in [1.29, 1.82) is 0 Å². The zero-order chi connectivity index (χ0) is 13.7. The van der Waals surface area contributed by atoms with Crippen LogP contribution in [0.4, 0.5) is 0 Å². The number of allylic oxidation sites excluding steroid dienone is 1. The summed E-state index contributed by atoms with van der Waals surface area (Å²) in [6.07, 6.45) is 0.363. The molecule has 1 amide bonds. The van der Waals surface area contributed by atoms with Gasteiger partial charge in [-0.3, -0.25) is 4.79 Å². The van der Waals surface area contributed by atoms with Gasteiger partial charge in [-0.05, 0) is 37.6 Å². The molecule has 0 heterocycles. The van der Waals surface area contributed by atoms with E-state index in [0.29, 0.717) is 17.7 Å². The summed E-state index contributed by atoms with van der Waals surface area (Å²) in [5, 5.41) is 11.5. The van der Waals surface area contributed by atoms with Crippen molar-refractivity contribution in [2.45, 2.75) is 20.3 Å². The van der Waals surface area contributed by atoms with Crippen molar-refractivity contribution in [3.8, 4) is 0 Å². The molecule has 1 rings (SSSR count). The number of carbonyl (C=O) groups is 2. The fourth-order valence-corrected chi connectivity index (χ4v) is 1.76. The highest BCUT2D eigenvalue weighted by Gasteiger charge is 2.12. The summed E-state index contributed by atoms with van der Waals surface area (Å²) in [4.78, 5) is 22.8. The normalized spacial score (nSPS) is 11.7. The maximum atomic E-state index is 11.9. The molecule has 0 aliphatic carbocycles. The van der Waals surface area contributed by atoms with Crippen molar-refractivity contribution in [2.75, 3.05) is 0 Å². The van der Waals surface area contributed by atoms with E-state index in [4.69, 9.17) is 5.11 Å². The zero-order valence-corrected chi connectivity index (χ0v) is 11.7. The number of hydrogen-bond donors (Lipinski definition) is 2. The van der Waals surface area contributed by atoms with Gasteiger partial charge < -0.3 is 10.4 Å². The van der Waals surface area contributed by atoms with E-state index in [9.17, 15) is 9.59 Å². The number of amides is 1. The van der Waals surface area contributed by atoms with Crippen LogP contribution in [0, 0.1) is 0 Å². The lowest BCUT2D eigenvalue weighted by atomic mass is 10.1. The van der Waals surface area contributed by atoms with Crippen LogP contribution in [0.2, 0.25) is 0 Å². The molecule has 1 aromatic carbocycles. The topological polar surface area (TPSA) is 66.4 Å². The molecule has 0 aliphatic heterocycles. The number of rotatable bonds is 4. The Labute approximate surface area is 114 Å². The van der Waals surface area contributed by atoms with Gasteiger partial charge in [-0.15, -0.1) is 0 Å². The molecular weight excluding hydrogens is 298 g/mol. The number of hydrogen-bond acceptors (Lipinski definition) is 2. The van der Waals surface area contributed by atoms with E-state index in [1.54, 1.807) is 38.1 Å². The third kappa shape index (κ3) is 3.70. The quantitative estimate of drug-likeness (QED) is 0.840. The monoisotopic (exact) mass is 311 g/mol. The average molecular weight is 312 g/mol. The molecule has 0 spiro atoms. The van der Waals surface area contributed by atoms with Gasteiger partial charge in [0, 0.05) is 15.7 Å². The number of halogens is 1. The number of nitrogens with one attached hydrogen (secondary N) is 1. The van der Waals surface area contributed by atoms with E-state index >= 15 is 0 Å². The van der Waals surface area contributed by atoms with Crippen LogP contribution in [0.15, 0.2) is 40.0 Å². The van der Waals surface area contributed by atoms with Crippen LogP contribution in [0.1, 0.15) is 30.6 Å². The largest absolute Gasteiger partial charge is 0.478 e. The molecule has 0 unspecified atom stereocenters. The molecule has 0 fully saturated rings. The van der Waals surface area contributed by atoms with Crippen LogP contribution in [0.3, 0.4) is 0 Å². The molecule has 0 saturated heterocycles.